The second-order valence-corrected chi connectivity index (χ2v) is 8.13. The number of hydrogen-bond donors (Lipinski definition) is 2. The summed E-state index contributed by atoms with van der Waals surface area (Å²) in [5.74, 6) is 1.19. The summed E-state index contributed by atoms with van der Waals surface area (Å²) < 4.78 is 11.8. The third-order valence-electron chi connectivity index (χ3n) is 5.05. The van der Waals surface area contributed by atoms with Crippen LogP contribution in [0.15, 0.2) is 61.1 Å². The third kappa shape index (κ3) is 4.85. The number of nitrogens with one attached hydrogen (secondary N) is 1. The van der Waals surface area contributed by atoms with Crippen LogP contribution in [0.25, 0.3) is 10.9 Å². The summed E-state index contributed by atoms with van der Waals surface area (Å²) in [7, 11) is 0. The van der Waals surface area contributed by atoms with Gasteiger partial charge < -0.3 is 19.9 Å². The highest BCUT2D eigenvalue weighted by Gasteiger charge is 2.30. The molecule has 0 bridgehead atoms. The number of rotatable bonds is 7. The molecule has 0 amide bonds. The predicted octanol–water partition coefficient (Wildman–Crippen LogP) is 5.42. The Hall–Kier alpha value is -4.20. The number of hydrogen-bond acceptors (Lipinski definition) is 7. The standard InChI is InChI=1S/C25H24N4O4/c1-15-12-17(9-11-20(15)32-18-10-8-16(2)26-13-18)29-23-22-19(27-14-28-23)6-5-7-21(22)33-25(3,4)24(30)31/h5-14H,1-4H3,(H,30,31)(H,27,28,29). The van der Waals surface area contributed by atoms with Gasteiger partial charge in [-0.3, -0.25) is 4.98 Å². The monoisotopic (exact) mass is 444 g/mol. The Labute approximate surface area is 191 Å². The number of pyridine rings is 1. The van der Waals surface area contributed by atoms with Gasteiger partial charge in [0.15, 0.2) is 5.60 Å². The summed E-state index contributed by atoms with van der Waals surface area (Å²) in [5, 5.41) is 13.4. The van der Waals surface area contributed by atoms with Crippen LogP contribution in [-0.2, 0) is 4.79 Å². The van der Waals surface area contributed by atoms with Gasteiger partial charge in [0.2, 0.25) is 0 Å². The molecule has 0 aliphatic carbocycles. The average molecular weight is 444 g/mol. The summed E-state index contributed by atoms with van der Waals surface area (Å²) in [6.45, 7) is 6.86. The van der Waals surface area contributed by atoms with E-state index in [1.54, 1.807) is 18.3 Å². The Morgan fingerprint density at radius 2 is 1.82 bits per heavy atom. The van der Waals surface area contributed by atoms with Crippen molar-refractivity contribution in [3.63, 3.8) is 0 Å². The van der Waals surface area contributed by atoms with Crippen LogP contribution in [0.2, 0.25) is 0 Å². The molecule has 0 saturated heterocycles. The first-order valence-electron chi connectivity index (χ1n) is 10.4. The maximum atomic E-state index is 11.6. The lowest BCUT2D eigenvalue weighted by Gasteiger charge is -2.23. The number of carboxylic acids is 1. The van der Waals surface area contributed by atoms with Crippen molar-refractivity contribution < 1.29 is 19.4 Å². The Bertz CT molecular complexity index is 1310. The molecule has 0 saturated carbocycles. The molecule has 8 nitrogen and oxygen atoms in total. The van der Waals surface area contributed by atoms with E-state index in [0.29, 0.717) is 34.0 Å². The molecule has 8 heteroatoms. The number of benzene rings is 2. The zero-order valence-electron chi connectivity index (χ0n) is 18.8. The molecule has 2 aromatic carbocycles. The molecule has 0 unspecified atom stereocenters. The number of aliphatic carboxylic acids is 1. The van der Waals surface area contributed by atoms with Crippen molar-refractivity contribution in [3.8, 4) is 17.2 Å². The average Bonchev–Trinajstić information content (AvgIpc) is 2.77. The molecular formula is C25H24N4O4. The predicted molar refractivity (Wildman–Crippen MR) is 125 cm³/mol. The summed E-state index contributed by atoms with van der Waals surface area (Å²) in [6, 6.07) is 14.7. The number of aromatic nitrogens is 3. The topological polar surface area (TPSA) is 106 Å². The van der Waals surface area contributed by atoms with E-state index in [9.17, 15) is 9.90 Å². The summed E-state index contributed by atoms with van der Waals surface area (Å²) in [4.78, 5) is 24.5. The van der Waals surface area contributed by atoms with Gasteiger partial charge in [0.05, 0.1) is 17.1 Å². The quantitative estimate of drug-likeness (QED) is 0.389. The molecule has 2 aromatic heterocycles. The largest absolute Gasteiger partial charge is 0.478 e. The fourth-order valence-electron chi connectivity index (χ4n) is 3.20. The normalized spacial score (nSPS) is 11.3. The van der Waals surface area contributed by atoms with Crippen molar-refractivity contribution >= 4 is 28.4 Å². The molecule has 2 heterocycles. The van der Waals surface area contributed by atoms with Crippen LogP contribution >= 0.6 is 0 Å². The summed E-state index contributed by atoms with van der Waals surface area (Å²) in [6.07, 6.45) is 3.14. The van der Waals surface area contributed by atoms with E-state index in [0.717, 1.165) is 16.9 Å². The van der Waals surface area contributed by atoms with E-state index in [-0.39, 0.29) is 0 Å². The Balaban J connectivity index is 1.64. The van der Waals surface area contributed by atoms with Crippen molar-refractivity contribution in [3.05, 3.63) is 72.3 Å². The molecule has 0 spiro atoms. The molecule has 0 aliphatic rings. The maximum absolute atomic E-state index is 11.6. The lowest BCUT2D eigenvalue weighted by molar-refractivity contribution is -0.152. The van der Waals surface area contributed by atoms with Crippen LogP contribution in [-0.4, -0.2) is 31.6 Å². The second kappa shape index (κ2) is 8.74. The van der Waals surface area contributed by atoms with Crippen LogP contribution in [0.5, 0.6) is 17.2 Å². The number of nitrogens with zero attached hydrogens (tertiary/aromatic N) is 3. The van der Waals surface area contributed by atoms with Gasteiger partial charge in [0.1, 0.15) is 29.4 Å². The second-order valence-electron chi connectivity index (χ2n) is 8.13. The highest BCUT2D eigenvalue weighted by Crippen LogP contribution is 2.35. The van der Waals surface area contributed by atoms with Gasteiger partial charge in [0, 0.05) is 11.4 Å². The number of fused-ring (bicyclic) bond motifs is 1. The lowest BCUT2D eigenvalue weighted by Crippen LogP contribution is -2.37. The van der Waals surface area contributed by atoms with Gasteiger partial charge in [-0.2, -0.15) is 0 Å². The van der Waals surface area contributed by atoms with Gasteiger partial charge in [-0.15, -0.1) is 0 Å². The van der Waals surface area contributed by atoms with Crippen molar-refractivity contribution in [1.82, 2.24) is 15.0 Å². The van der Waals surface area contributed by atoms with Gasteiger partial charge in [-0.1, -0.05) is 6.07 Å². The molecule has 0 aliphatic heterocycles. The van der Waals surface area contributed by atoms with Crippen LogP contribution in [0.3, 0.4) is 0 Å². The zero-order valence-corrected chi connectivity index (χ0v) is 18.8. The molecule has 4 rings (SSSR count). The third-order valence-corrected chi connectivity index (χ3v) is 5.05. The molecule has 33 heavy (non-hydrogen) atoms. The minimum Gasteiger partial charge on any atom is -0.478 e. The Morgan fingerprint density at radius 3 is 2.52 bits per heavy atom. The number of aryl methyl sites for hydroxylation is 2. The zero-order chi connectivity index (χ0) is 23.6. The van der Waals surface area contributed by atoms with E-state index in [1.807, 2.05) is 50.2 Å². The highest BCUT2D eigenvalue weighted by atomic mass is 16.5. The number of ether oxygens (including phenoxy) is 2. The van der Waals surface area contributed by atoms with Crippen molar-refractivity contribution in [2.24, 2.45) is 0 Å². The van der Waals surface area contributed by atoms with E-state index >= 15 is 0 Å². The summed E-state index contributed by atoms with van der Waals surface area (Å²) in [5.41, 5.74) is 1.85. The highest BCUT2D eigenvalue weighted by molar-refractivity contribution is 5.96. The van der Waals surface area contributed by atoms with Crippen molar-refractivity contribution in [2.75, 3.05) is 5.32 Å². The van der Waals surface area contributed by atoms with Crippen molar-refractivity contribution in [2.45, 2.75) is 33.3 Å². The van der Waals surface area contributed by atoms with Gasteiger partial charge in [-0.25, -0.2) is 14.8 Å². The first-order chi connectivity index (χ1) is 15.7. The minimum absolute atomic E-state index is 0.381. The van der Waals surface area contributed by atoms with Gasteiger partial charge in [0.25, 0.3) is 0 Å². The molecule has 0 fully saturated rings. The van der Waals surface area contributed by atoms with E-state index in [1.165, 1.54) is 20.2 Å². The van der Waals surface area contributed by atoms with Crippen molar-refractivity contribution in [1.29, 1.82) is 0 Å². The van der Waals surface area contributed by atoms with Crippen LogP contribution in [0, 0.1) is 13.8 Å². The lowest BCUT2D eigenvalue weighted by atomic mass is 10.1. The Morgan fingerprint density at radius 1 is 1.00 bits per heavy atom. The van der Waals surface area contributed by atoms with Gasteiger partial charge >= 0.3 is 5.97 Å². The molecule has 2 N–H and O–H groups in total. The van der Waals surface area contributed by atoms with Crippen LogP contribution < -0.4 is 14.8 Å². The molecule has 0 radical (unpaired) electrons. The minimum atomic E-state index is -1.41. The smallest absolute Gasteiger partial charge is 0.347 e. The fraction of sp³-hybridized carbons (Fsp3) is 0.200. The first kappa shape index (κ1) is 22.0. The molecule has 168 valence electrons. The maximum Gasteiger partial charge on any atom is 0.347 e. The molecule has 4 aromatic rings. The van der Waals surface area contributed by atoms with E-state index < -0.39 is 11.6 Å². The first-order valence-corrected chi connectivity index (χ1v) is 10.4. The van der Waals surface area contributed by atoms with Crippen LogP contribution in [0.1, 0.15) is 25.1 Å². The molecular weight excluding hydrogens is 420 g/mol. The molecule has 0 atom stereocenters. The number of carbonyl (C=O) groups is 1. The van der Waals surface area contributed by atoms with E-state index in [2.05, 4.69) is 20.3 Å². The van der Waals surface area contributed by atoms with Crippen LogP contribution in [0.4, 0.5) is 11.5 Å². The number of anilines is 2. The fourth-order valence-corrected chi connectivity index (χ4v) is 3.20. The van der Waals surface area contributed by atoms with E-state index in [4.69, 9.17) is 9.47 Å². The number of carboxylic acid groups (broad SMARTS) is 1. The Kier molecular flexibility index (Phi) is 5.83. The SMILES string of the molecule is Cc1ccc(Oc2ccc(Nc3ncnc4cccc(OC(C)(C)C(=O)O)c34)cc2C)cn1. The summed E-state index contributed by atoms with van der Waals surface area (Å²) >= 11 is 0. The van der Waals surface area contributed by atoms with Gasteiger partial charge in [-0.05, 0) is 75.7 Å².